The van der Waals surface area contributed by atoms with Crippen LogP contribution in [0.15, 0.2) is 60.7 Å². The van der Waals surface area contributed by atoms with E-state index in [9.17, 15) is 4.79 Å². The summed E-state index contributed by atoms with van der Waals surface area (Å²) in [6, 6.07) is 17.3. The molecular weight excluding hydrogens is 262 g/mol. The summed E-state index contributed by atoms with van der Waals surface area (Å²) < 4.78 is 5.31. The first kappa shape index (κ1) is 14.9. The molecule has 0 heterocycles. The highest BCUT2D eigenvalue weighted by Gasteiger charge is 2.11. The highest BCUT2D eigenvalue weighted by atomic mass is 16.5. The van der Waals surface area contributed by atoms with Gasteiger partial charge in [0.05, 0.1) is 13.2 Å². The number of para-hydroxylation sites is 1. The predicted octanol–water partition coefficient (Wildman–Crippen LogP) is 3.59. The molecule has 0 saturated carbocycles. The van der Waals surface area contributed by atoms with E-state index in [1.165, 1.54) is 0 Å². The van der Waals surface area contributed by atoms with Crippen molar-refractivity contribution in [3.05, 3.63) is 71.8 Å². The van der Waals surface area contributed by atoms with Crippen molar-refractivity contribution in [3.63, 3.8) is 0 Å². The Hall–Kier alpha value is -2.55. The lowest BCUT2D eigenvalue weighted by Crippen LogP contribution is -2.24. The van der Waals surface area contributed by atoms with Crippen LogP contribution < -0.4 is 10.1 Å². The van der Waals surface area contributed by atoms with Crippen LogP contribution in [0.5, 0.6) is 5.75 Å². The molecule has 0 aliphatic carbocycles. The molecule has 1 amide bonds. The van der Waals surface area contributed by atoms with Gasteiger partial charge in [-0.25, -0.2) is 0 Å². The number of hydrogen-bond donors (Lipinski definition) is 1. The lowest BCUT2D eigenvalue weighted by Gasteiger charge is -2.16. The molecule has 2 aromatic rings. The molecule has 0 bridgehead atoms. The van der Waals surface area contributed by atoms with Gasteiger partial charge in [0.15, 0.2) is 0 Å². The first-order valence-electron chi connectivity index (χ1n) is 6.87. The fourth-order valence-electron chi connectivity index (χ4n) is 2.10. The Labute approximate surface area is 125 Å². The molecule has 1 unspecified atom stereocenters. The third kappa shape index (κ3) is 4.21. The minimum atomic E-state index is -0.128. The number of amides is 1. The first-order valence-corrected chi connectivity index (χ1v) is 6.87. The normalized spacial score (nSPS) is 12.1. The maximum Gasteiger partial charge on any atom is 0.244 e. The summed E-state index contributed by atoms with van der Waals surface area (Å²) in [7, 11) is 1.63. The Kier molecular flexibility index (Phi) is 5.16. The van der Waals surface area contributed by atoms with Crippen LogP contribution in [0, 0.1) is 0 Å². The van der Waals surface area contributed by atoms with Crippen LogP contribution in [-0.4, -0.2) is 13.0 Å². The molecule has 0 radical (unpaired) electrons. The van der Waals surface area contributed by atoms with E-state index in [-0.39, 0.29) is 11.9 Å². The third-order valence-corrected chi connectivity index (χ3v) is 3.19. The standard InChI is InChI=1S/C18H19NO2/c1-14(16-10-6-7-11-17(16)21-2)19-18(20)13-12-15-8-4-3-5-9-15/h3-14H,1-2H3,(H,19,20)/b13-12+. The zero-order valence-corrected chi connectivity index (χ0v) is 12.2. The van der Waals surface area contributed by atoms with Crippen molar-refractivity contribution in [1.82, 2.24) is 5.32 Å². The Morgan fingerprint density at radius 1 is 1.10 bits per heavy atom. The lowest BCUT2D eigenvalue weighted by atomic mass is 10.1. The van der Waals surface area contributed by atoms with Crippen molar-refractivity contribution in [2.45, 2.75) is 13.0 Å². The molecule has 21 heavy (non-hydrogen) atoms. The summed E-state index contributed by atoms with van der Waals surface area (Å²) in [5, 5.41) is 2.94. The van der Waals surface area contributed by atoms with Crippen LogP contribution in [0.3, 0.4) is 0 Å². The number of methoxy groups -OCH3 is 1. The number of rotatable bonds is 5. The average molecular weight is 281 g/mol. The highest BCUT2D eigenvalue weighted by Crippen LogP contribution is 2.24. The molecule has 0 aliphatic rings. The summed E-state index contributed by atoms with van der Waals surface area (Å²) in [5.74, 6) is 0.648. The number of hydrogen-bond acceptors (Lipinski definition) is 2. The van der Waals surface area contributed by atoms with E-state index in [4.69, 9.17) is 4.74 Å². The van der Waals surface area contributed by atoms with Gasteiger partial charge in [-0.2, -0.15) is 0 Å². The van der Waals surface area contributed by atoms with Gasteiger partial charge in [-0.05, 0) is 24.6 Å². The van der Waals surface area contributed by atoms with Crippen molar-refractivity contribution in [2.24, 2.45) is 0 Å². The van der Waals surface area contributed by atoms with Crippen LogP contribution >= 0.6 is 0 Å². The molecule has 0 aromatic heterocycles. The number of benzene rings is 2. The predicted molar refractivity (Wildman–Crippen MR) is 85.0 cm³/mol. The van der Waals surface area contributed by atoms with Crippen molar-refractivity contribution >= 4 is 12.0 Å². The summed E-state index contributed by atoms with van der Waals surface area (Å²) >= 11 is 0. The molecule has 0 saturated heterocycles. The van der Waals surface area contributed by atoms with E-state index >= 15 is 0 Å². The fraction of sp³-hybridized carbons (Fsp3) is 0.167. The molecule has 0 aliphatic heterocycles. The smallest absolute Gasteiger partial charge is 0.244 e. The lowest BCUT2D eigenvalue weighted by molar-refractivity contribution is -0.117. The van der Waals surface area contributed by atoms with Gasteiger partial charge in [0.2, 0.25) is 5.91 Å². The summed E-state index contributed by atoms with van der Waals surface area (Å²) in [6.45, 7) is 1.94. The molecule has 1 atom stereocenters. The van der Waals surface area contributed by atoms with E-state index in [2.05, 4.69) is 5.32 Å². The molecule has 3 heteroatoms. The monoisotopic (exact) mass is 281 g/mol. The van der Waals surface area contributed by atoms with Crippen molar-refractivity contribution in [1.29, 1.82) is 0 Å². The van der Waals surface area contributed by atoms with Crippen molar-refractivity contribution in [2.75, 3.05) is 7.11 Å². The van der Waals surface area contributed by atoms with E-state index in [1.54, 1.807) is 19.3 Å². The van der Waals surface area contributed by atoms with Gasteiger partial charge in [-0.3, -0.25) is 4.79 Å². The van der Waals surface area contributed by atoms with Gasteiger partial charge in [-0.15, -0.1) is 0 Å². The van der Waals surface area contributed by atoms with Crippen LogP contribution in [0.2, 0.25) is 0 Å². The third-order valence-electron chi connectivity index (χ3n) is 3.19. The molecule has 108 valence electrons. The van der Waals surface area contributed by atoms with Crippen LogP contribution in [-0.2, 0) is 4.79 Å². The van der Waals surface area contributed by atoms with Crippen LogP contribution in [0.4, 0.5) is 0 Å². The van der Waals surface area contributed by atoms with Crippen LogP contribution in [0.1, 0.15) is 24.1 Å². The largest absolute Gasteiger partial charge is 0.496 e. The van der Waals surface area contributed by atoms with Gasteiger partial charge in [-0.1, -0.05) is 48.5 Å². The minimum Gasteiger partial charge on any atom is -0.496 e. The molecule has 2 rings (SSSR count). The summed E-state index contributed by atoms with van der Waals surface area (Å²) in [4.78, 5) is 12.0. The number of carbonyl (C=O) groups excluding carboxylic acids is 1. The second kappa shape index (κ2) is 7.29. The van der Waals surface area contributed by atoms with E-state index in [0.717, 1.165) is 16.9 Å². The zero-order chi connectivity index (χ0) is 15.1. The second-order valence-electron chi connectivity index (χ2n) is 4.72. The van der Waals surface area contributed by atoms with Crippen molar-refractivity contribution in [3.8, 4) is 5.75 Å². The summed E-state index contributed by atoms with van der Waals surface area (Å²) in [5.41, 5.74) is 1.96. The minimum absolute atomic E-state index is 0.117. The maximum absolute atomic E-state index is 12.0. The number of carbonyl (C=O) groups is 1. The Bertz CT molecular complexity index is 620. The summed E-state index contributed by atoms with van der Waals surface area (Å²) in [6.07, 6.45) is 3.34. The molecule has 0 spiro atoms. The zero-order valence-electron chi connectivity index (χ0n) is 12.2. The Morgan fingerprint density at radius 2 is 1.76 bits per heavy atom. The quantitative estimate of drug-likeness (QED) is 0.851. The van der Waals surface area contributed by atoms with E-state index in [0.29, 0.717) is 0 Å². The van der Waals surface area contributed by atoms with Gasteiger partial charge in [0, 0.05) is 11.6 Å². The van der Waals surface area contributed by atoms with Gasteiger partial charge < -0.3 is 10.1 Å². The van der Waals surface area contributed by atoms with E-state index in [1.807, 2.05) is 61.5 Å². The second-order valence-corrected chi connectivity index (χ2v) is 4.72. The van der Waals surface area contributed by atoms with Gasteiger partial charge in [0.1, 0.15) is 5.75 Å². The topological polar surface area (TPSA) is 38.3 Å². The first-order chi connectivity index (χ1) is 10.2. The fourth-order valence-corrected chi connectivity index (χ4v) is 2.10. The van der Waals surface area contributed by atoms with Gasteiger partial charge in [0.25, 0.3) is 0 Å². The molecule has 2 aromatic carbocycles. The molecule has 1 N–H and O–H groups in total. The number of ether oxygens (including phenoxy) is 1. The highest BCUT2D eigenvalue weighted by molar-refractivity contribution is 5.92. The number of nitrogens with one attached hydrogen (secondary N) is 1. The SMILES string of the molecule is COc1ccccc1C(C)NC(=O)/C=C/c1ccccc1. The molecule has 0 fully saturated rings. The Morgan fingerprint density at radius 3 is 2.48 bits per heavy atom. The van der Waals surface area contributed by atoms with Crippen LogP contribution in [0.25, 0.3) is 6.08 Å². The molecule has 3 nitrogen and oxygen atoms in total. The Balaban J connectivity index is 2.01. The average Bonchev–Trinajstić information content (AvgIpc) is 2.53. The van der Waals surface area contributed by atoms with Crippen molar-refractivity contribution < 1.29 is 9.53 Å². The molecular formula is C18H19NO2. The van der Waals surface area contributed by atoms with E-state index < -0.39 is 0 Å². The van der Waals surface area contributed by atoms with Gasteiger partial charge >= 0.3 is 0 Å². The maximum atomic E-state index is 12.0.